The van der Waals surface area contributed by atoms with Crippen molar-refractivity contribution in [3.8, 4) is 5.75 Å². The molecular weight excluding hydrogens is 296 g/mol. The fourth-order valence-corrected chi connectivity index (χ4v) is 3.34. The molecule has 1 amide bonds. The first-order valence-corrected chi connectivity index (χ1v) is 8.99. The Morgan fingerprint density at radius 3 is 2.68 bits per heavy atom. The van der Waals surface area contributed by atoms with Gasteiger partial charge in [-0.05, 0) is 50.8 Å². The van der Waals surface area contributed by atoms with E-state index in [1.54, 1.807) is 18.9 Å². The normalized spacial score (nSPS) is 16.1. The van der Waals surface area contributed by atoms with E-state index in [1.165, 1.54) is 5.56 Å². The molecular formula is C17H26N2O2S. The molecule has 1 fully saturated rings. The molecule has 1 atom stereocenters. The summed E-state index contributed by atoms with van der Waals surface area (Å²) >= 11 is 1.68. The monoisotopic (exact) mass is 322 g/mol. The quantitative estimate of drug-likeness (QED) is 0.754. The zero-order chi connectivity index (χ0) is 16.1. The molecule has 5 heteroatoms. The van der Waals surface area contributed by atoms with Gasteiger partial charge >= 0.3 is 0 Å². The van der Waals surface area contributed by atoms with Crippen molar-refractivity contribution in [3.63, 3.8) is 0 Å². The Morgan fingerprint density at radius 1 is 1.41 bits per heavy atom. The second-order valence-corrected chi connectivity index (χ2v) is 6.66. The molecule has 1 aromatic carbocycles. The smallest absolute Gasteiger partial charge is 0.239 e. The van der Waals surface area contributed by atoms with Gasteiger partial charge in [-0.2, -0.15) is 0 Å². The summed E-state index contributed by atoms with van der Waals surface area (Å²) in [6.45, 7) is 4.56. The van der Waals surface area contributed by atoms with E-state index >= 15 is 0 Å². The van der Waals surface area contributed by atoms with Crippen LogP contribution in [0.4, 0.5) is 0 Å². The molecule has 1 aliphatic heterocycles. The molecule has 4 nitrogen and oxygen atoms in total. The summed E-state index contributed by atoms with van der Waals surface area (Å²) in [4.78, 5) is 17.7. The van der Waals surface area contributed by atoms with E-state index in [4.69, 9.17) is 4.74 Å². The van der Waals surface area contributed by atoms with Crippen LogP contribution in [0.1, 0.15) is 25.3 Å². The van der Waals surface area contributed by atoms with Gasteiger partial charge in [0.1, 0.15) is 5.75 Å². The zero-order valence-electron chi connectivity index (χ0n) is 14.0. The number of likely N-dealkylation sites (N-methyl/N-ethyl adjacent to an activating group) is 1. The number of amides is 1. The molecule has 122 valence electrons. The second kappa shape index (κ2) is 7.88. The summed E-state index contributed by atoms with van der Waals surface area (Å²) in [6.07, 6.45) is 4.31. The zero-order valence-corrected chi connectivity index (χ0v) is 14.8. The van der Waals surface area contributed by atoms with Crippen molar-refractivity contribution in [2.75, 3.05) is 33.5 Å². The fourth-order valence-electron chi connectivity index (χ4n) is 2.79. The fraction of sp³-hybridized carbons (Fsp3) is 0.588. The molecule has 1 heterocycles. The standard InChI is InChI=1S/C17H26N2O2S/c1-13(17(20)19-9-5-6-10-19)18(2)12-14-7-8-16(22-4)15(11-14)21-3/h7-8,11,13H,5-6,9-10,12H2,1-4H3. The van der Waals surface area contributed by atoms with E-state index in [1.807, 2.05) is 25.1 Å². The second-order valence-electron chi connectivity index (χ2n) is 5.81. The van der Waals surface area contributed by atoms with Crippen molar-refractivity contribution in [3.05, 3.63) is 23.8 Å². The highest BCUT2D eigenvalue weighted by Gasteiger charge is 2.25. The number of nitrogens with zero attached hydrogens (tertiary/aromatic N) is 2. The van der Waals surface area contributed by atoms with E-state index < -0.39 is 0 Å². The maximum absolute atomic E-state index is 12.5. The first kappa shape index (κ1) is 17.2. The summed E-state index contributed by atoms with van der Waals surface area (Å²) in [6, 6.07) is 6.16. The number of carbonyl (C=O) groups excluding carboxylic acids is 1. The van der Waals surface area contributed by atoms with Crippen LogP contribution >= 0.6 is 11.8 Å². The van der Waals surface area contributed by atoms with Gasteiger partial charge in [0.2, 0.25) is 5.91 Å². The molecule has 0 aromatic heterocycles. The molecule has 1 aliphatic rings. The summed E-state index contributed by atoms with van der Waals surface area (Å²) in [7, 11) is 3.70. The summed E-state index contributed by atoms with van der Waals surface area (Å²) < 4.78 is 5.43. The number of hydrogen-bond donors (Lipinski definition) is 0. The molecule has 0 N–H and O–H groups in total. The van der Waals surface area contributed by atoms with Gasteiger partial charge in [0, 0.05) is 24.5 Å². The molecule has 1 saturated heterocycles. The SMILES string of the molecule is COc1cc(CN(C)C(C)C(=O)N2CCCC2)ccc1SC. The van der Waals surface area contributed by atoms with Gasteiger partial charge in [-0.1, -0.05) is 6.07 Å². The number of thioether (sulfide) groups is 1. The molecule has 2 rings (SSSR count). The minimum absolute atomic E-state index is 0.0932. The highest BCUT2D eigenvalue weighted by Crippen LogP contribution is 2.28. The molecule has 1 unspecified atom stereocenters. The number of benzene rings is 1. The Labute approximate surface area is 137 Å². The van der Waals surface area contributed by atoms with Crippen LogP contribution in [0.2, 0.25) is 0 Å². The lowest BCUT2D eigenvalue weighted by Gasteiger charge is -2.28. The van der Waals surface area contributed by atoms with E-state index in [0.29, 0.717) is 0 Å². The summed E-state index contributed by atoms with van der Waals surface area (Å²) in [5.41, 5.74) is 1.17. The van der Waals surface area contributed by atoms with Crippen molar-refractivity contribution < 1.29 is 9.53 Å². The topological polar surface area (TPSA) is 32.8 Å². The van der Waals surface area contributed by atoms with Crippen LogP contribution in [0, 0.1) is 0 Å². The predicted molar refractivity (Wildman–Crippen MR) is 91.5 cm³/mol. The summed E-state index contributed by atoms with van der Waals surface area (Å²) in [5, 5.41) is 0. The van der Waals surface area contributed by atoms with Crippen LogP contribution < -0.4 is 4.74 Å². The Hall–Kier alpha value is -1.20. The Bertz CT molecular complexity index is 515. The van der Waals surface area contributed by atoms with Crippen LogP contribution in [0.5, 0.6) is 5.75 Å². The lowest BCUT2D eigenvalue weighted by Crippen LogP contribution is -2.44. The third kappa shape index (κ3) is 3.96. The molecule has 0 bridgehead atoms. The van der Waals surface area contributed by atoms with E-state index in [9.17, 15) is 4.79 Å². The van der Waals surface area contributed by atoms with Gasteiger partial charge in [-0.25, -0.2) is 0 Å². The van der Waals surface area contributed by atoms with Crippen LogP contribution in [-0.2, 0) is 11.3 Å². The van der Waals surface area contributed by atoms with Gasteiger partial charge in [-0.15, -0.1) is 11.8 Å². The van der Waals surface area contributed by atoms with Gasteiger partial charge in [0.05, 0.1) is 13.2 Å². The first-order chi connectivity index (χ1) is 10.6. The van der Waals surface area contributed by atoms with Crippen molar-refractivity contribution in [2.24, 2.45) is 0 Å². The van der Waals surface area contributed by atoms with Crippen molar-refractivity contribution in [1.29, 1.82) is 0 Å². The third-order valence-corrected chi connectivity index (χ3v) is 5.09. The molecule has 22 heavy (non-hydrogen) atoms. The molecule has 0 radical (unpaired) electrons. The number of methoxy groups -OCH3 is 1. The average Bonchev–Trinajstić information content (AvgIpc) is 3.07. The summed E-state index contributed by atoms with van der Waals surface area (Å²) in [5.74, 6) is 1.14. The average molecular weight is 322 g/mol. The van der Waals surface area contributed by atoms with Gasteiger partial charge < -0.3 is 9.64 Å². The number of hydrogen-bond acceptors (Lipinski definition) is 4. The largest absolute Gasteiger partial charge is 0.496 e. The molecule has 0 saturated carbocycles. The lowest BCUT2D eigenvalue weighted by molar-refractivity contribution is -0.135. The number of rotatable bonds is 6. The minimum Gasteiger partial charge on any atom is -0.496 e. The predicted octanol–water partition coefficient (Wildman–Crippen LogP) is 2.86. The van der Waals surface area contributed by atoms with Gasteiger partial charge in [-0.3, -0.25) is 9.69 Å². The van der Waals surface area contributed by atoms with Crippen molar-refractivity contribution in [2.45, 2.75) is 37.2 Å². The highest BCUT2D eigenvalue weighted by atomic mass is 32.2. The van der Waals surface area contributed by atoms with Crippen LogP contribution in [0.3, 0.4) is 0 Å². The number of ether oxygens (including phenoxy) is 1. The van der Waals surface area contributed by atoms with E-state index in [0.717, 1.165) is 43.1 Å². The Kier molecular flexibility index (Phi) is 6.15. The number of likely N-dealkylation sites (tertiary alicyclic amines) is 1. The minimum atomic E-state index is -0.0932. The third-order valence-electron chi connectivity index (χ3n) is 4.32. The van der Waals surface area contributed by atoms with Gasteiger partial charge in [0.25, 0.3) is 0 Å². The van der Waals surface area contributed by atoms with E-state index in [-0.39, 0.29) is 11.9 Å². The van der Waals surface area contributed by atoms with Gasteiger partial charge in [0.15, 0.2) is 0 Å². The maximum Gasteiger partial charge on any atom is 0.239 e. The van der Waals surface area contributed by atoms with Crippen LogP contribution in [0.25, 0.3) is 0 Å². The Balaban J connectivity index is 2.01. The van der Waals surface area contributed by atoms with Crippen molar-refractivity contribution in [1.82, 2.24) is 9.80 Å². The molecule has 1 aromatic rings. The van der Waals surface area contributed by atoms with E-state index in [2.05, 4.69) is 23.1 Å². The van der Waals surface area contributed by atoms with Crippen molar-refractivity contribution >= 4 is 17.7 Å². The molecule has 0 aliphatic carbocycles. The molecule has 0 spiro atoms. The van der Waals surface area contributed by atoms with Crippen LogP contribution in [0.15, 0.2) is 23.1 Å². The Morgan fingerprint density at radius 2 is 2.09 bits per heavy atom. The number of carbonyl (C=O) groups is 1. The first-order valence-electron chi connectivity index (χ1n) is 7.76. The highest BCUT2D eigenvalue weighted by molar-refractivity contribution is 7.98. The lowest BCUT2D eigenvalue weighted by atomic mass is 10.1. The maximum atomic E-state index is 12.5. The van der Waals surface area contributed by atoms with Crippen LogP contribution in [-0.4, -0.2) is 55.3 Å².